The molecule has 1 aromatic heterocycles. The van der Waals surface area contributed by atoms with Crippen molar-refractivity contribution in [2.24, 2.45) is 0 Å². The largest absolute Gasteiger partial charge is 0.385 e. The summed E-state index contributed by atoms with van der Waals surface area (Å²) in [6.45, 7) is 0.816. The van der Waals surface area contributed by atoms with E-state index in [-0.39, 0.29) is 0 Å². The molecule has 0 bridgehead atoms. The lowest BCUT2D eigenvalue weighted by atomic mass is 10.2. The lowest BCUT2D eigenvalue weighted by molar-refractivity contribution is 0.195. The van der Waals surface area contributed by atoms with Crippen LogP contribution in [0.5, 0.6) is 0 Å². The van der Waals surface area contributed by atoms with Crippen LogP contribution in [0.2, 0.25) is 0 Å². The van der Waals surface area contributed by atoms with E-state index in [1.807, 2.05) is 24.4 Å². The molecule has 0 amide bonds. The Balaban J connectivity index is 2.28. The summed E-state index contributed by atoms with van der Waals surface area (Å²) in [6.07, 6.45) is 3.88. The van der Waals surface area contributed by atoms with E-state index < -0.39 is 0 Å². The Morgan fingerprint density at radius 2 is 2.36 bits per heavy atom. The lowest BCUT2D eigenvalue weighted by Crippen LogP contribution is -1.93. The van der Waals surface area contributed by atoms with Crippen LogP contribution in [0.3, 0.4) is 0 Å². The number of hydrogen-bond acceptors (Lipinski definition) is 2. The fourth-order valence-corrected chi connectivity index (χ4v) is 0.944. The number of ether oxygens (including phenoxy) is 1. The van der Waals surface area contributed by atoms with Gasteiger partial charge in [-0.15, -0.1) is 0 Å². The first-order valence-corrected chi connectivity index (χ1v) is 3.82. The van der Waals surface area contributed by atoms with Gasteiger partial charge in [0, 0.05) is 25.6 Å². The first-order valence-electron chi connectivity index (χ1n) is 3.82. The van der Waals surface area contributed by atoms with Gasteiger partial charge in [0.05, 0.1) is 0 Å². The molecule has 0 radical (unpaired) electrons. The van der Waals surface area contributed by atoms with Gasteiger partial charge in [0.2, 0.25) is 0 Å². The minimum absolute atomic E-state index is 0.816. The van der Waals surface area contributed by atoms with Crippen molar-refractivity contribution in [1.82, 2.24) is 4.98 Å². The van der Waals surface area contributed by atoms with Gasteiger partial charge in [-0.25, -0.2) is 0 Å². The predicted octanol–water partition coefficient (Wildman–Crippen LogP) is 1.66. The Morgan fingerprint density at radius 3 is 3.00 bits per heavy atom. The van der Waals surface area contributed by atoms with E-state index in [4.69, 9.17) is 4.74 Å². The highest BCUT2D eigenvalue weighted by molar-refractivity contribution is 5.03. The van der Waals surface area contributed by atoms with Gasteiger partial charge in [-0.2, -0.15) is 0 Å². The number of aromatic nitrogens is 1. The molecule has 0 atom stereocenters. The Morgan fingerprint density at radius 1 is 1.45 bits per heavy atom. The standard InChI is InChI=1S/C9H13NO/c1-11-8-4-6-9-5-2-3-7-10-9/h2-3,5,7H,4,6,8H2,1H3. The van der Waals surface area contributed by atoms with Crippen LogP contribution in [0.25, 0.3) is 0 Å². The van der Waals surface area contributed by atoms with Crippen LogP contribution in [0.15, 0.2) is 24.4 Å². The van der Waals surface area contributed by atoms with Gasteiger partial charge in [-0.05, 0) is 25.0 Å². The van der Waals surface area contributed by atoms with Gasteiger partial charge in [-0.1, -0.05) is 6.07 Å². The number of rotatable bonds is 4. The van der Waals surface area contributed by atoms with Gasteiger partial charge in [0.25, 0.3) is 0 Å². The molecule has 1 aromatic rings. The molecule has 2 nitrogen and oxygen atoms in total. The van der Waals surface area contributed by atoms with E-state index >= 15 is 0 Å². The number of nitrogens with zero attached hydrogens (tertiary/aromatic N) is 1. The molecule has 0 saturated carbocycles. The SMILES string of the molecule is COCCCc1ccccn1. The molecule has 0 aliphatic heterocycles. The number of pyridine rings is 1. The van der Waals surface area contributed by atoms with E-state index in [1.165, 1.54) is 0 Å². The molecular weight excluding hydrogens is 138 g/mol. The third-order valence-electron chi connectivity index (χ3n) is 1.51. The molecule has 1 rings (SSSR count). The summed E-state index contributed by atoms with van der Waals surface area (Å²) in [5.41, 5.74) is 1.14. The average Bonchev–Trinajstić information content (AvgIpc) is 2.07. The minimum atomic E-state index is 0.816. The van der Waals surface area contributed by atoms with Crippen LogP contribution in [0.1, 0.15) is 12.1 Å². The zero-order chi connectivity index (χ0) is 7.94. The van der Waals surface area contributed by atoms with E-state index in [2.05, 4.69) is 4.98 Å². The number of methoxy groups -OCH3 is 1. The first kappa shape index (κ1) is 8.21. The van der Waals surface area contributed by atoms with Crippen molar-refractivity contribution in [2.45, 2.75) is 12.8 Å². The van der Waals surface area contributed by atoms with Crippen molar-refractivity contribution in [1.29, 1.82) is 0 Å². The summed E-state index contributed by atoms with van der Waals surface area (Å²) in [5.74, 6) is 0. The monoisotopic (exact) mass is 151 g/mol. The van der Waals surface area contributed by atoms with Crippen LogP contribution in [-0.4, -0.2) is 18.7 Å². The van der Waals surface area contributed by atoms with Crippen molar-refractivity contribution >= 4 is 0 Å². The fourth-order valence-electron chi connectivity index (χ4n) is 0.944. The molecule has 0 N–H and O–H groups in total. The Bertz CT molecular complexity index is 186. The Kier molecular flexibility index (Phi) is 3.62. The van der Waals surface area contributed by atoms with E-state index in [1.54, 1.807) is 7.11 Å². The van der Waals surface area contributed by atoms with Gasteiger partial charge in [-0.3, -0.25) is 4.98 Å². The molecule has 0 aliphatic rings. The zero-order valence-electron chi connectivity index (χ0n) is 6.79. The second-order valence-electron chi connectivity index (χ2n) is 2.42. The predicted molar refractivity (Wildman–Crippen MR) is 44.4 cm³/mol. The van der Waals surface area contributed by atoms with Crippen molar-refractivity contribution in [3.05, 3.63) is 30.1 Å². The number of aryl methyl sites for hydroxylation is 1. The molecule has 0 unspecified atom stereocenters. The molecule has 2 heteroatoms. The molecular formula is C9H13NO. The normalized spacial score (nSPS) is 9.91. The van der Waals surface area contributed by atoms with Crippen molar-refractivity contribution in [2.75, 3.05) is 13.7 Å². The second-order valence-corrected chi connectivity index (χ2v) is 2.42. The van der Waals surface area contributed by atoms with Crippen LogP contribution in [-0.2, 0) is 11.2 Å². The maximum absolute atomic E-state index is 4.94. The summed E-state index contributed by atoms with van der Waals surface area (Å²) in [4.78, 5) is 4.19. The maximum atomic E-state index is 4.94. The fraction of sp³-hybridized carbons (Fsp3) is 0.444. The van der Waals surface area contributed by atoms with Gasteiger partial charge >= 0.3 is 0 Å². The van der Waals surface area contributed by atoms with Crippen LogP contribution >= 0.6 is 0 Å². The smallest absolute Gasteiger partial charge is 0.0466 e. The molecule has 0 spiro atoms. The summed E-state index contributed by atoms with van der Waals surface area (Å²) < 4.78 is 4.94. The number of hydrogen-bond donors (Lipinski definition) is 0. The molecule has 60 valence electrons. The molecule has 0 fully saturated rings. The highest BCUT2D eigenvalue weighted by atomic mass is 16.5. The molecule has 0 aliphatic carbocycles. The highest BCUT2D eigenvalue weighted by Gasteiger charge is 1.90. The van der Waals surface area contributed by atoms with E-state index in [0.29, 0.717) is 0 Å². The summed E-state index contributed by atoms with van der Waals surface area (Å²) in [6, 6.07) is 5.98. The Hall–Kier alpha value is -0.890. The molecule has 0 saturated heterocycles. The Labute approximate surface area is 67.2 Å². The summed E-state index contributed by atoms with van der Waals surface area (Å²) >= 11 is 0. The molecule has 0 aromatic carbocycles. The van der Waals surface area contributed by atoms with Crippen molar-refractivity contribution in [3.63, 3.8) is 0 Å². The topological polar surface area (TPSA) is 22.1 Å². The molecule has 11 heavy (non-hydrogen) atoms. The zero-order valence-corrected chi connectivity index (χ0v) is 6.79. The lowest BCUT2D eigenvalue weighted by Gasteiger charge is -1.97. The van der Waals surface area contributed by atoms with E-state index in [0.717, 1.165) is 25.1 Å². The van der Waals surface area contributed by atoms with E-state index in [9.17, 15) is 0 Å². The molecule has 1 heterocycles. The minimum Gasteiger partial charge on any atom is -0.385 e. The van der Waals surface area contributed by atoms with Crippen LogP contribution < -0.4 is 0 Å². The van der Waals surface area contributed by atoms with Gasteiger partial charge in [0.1, 0.15) is 0 Å². The third kappa shape index (κ3) is 3.14. The van der Waals surface area contributed by atoms with Gasteiger partial charge in [0.15, 0.2) is 0 Å². The third-order valence-corrected chi connectivity index (χ3v) is 1.51. The van der Waals surface area contributed by atoms with Crippen LogP contribution in [0.4, 0.5) is 0 Å². The average molecular weight is 151 g/mol. The first-order chi connectivity index (χ1) is 5.43. The second kappa shape index (κ2) is 4.85. The van der Waals surface area contributed by atoms with Crippen LogP contribution in [0, 0.1) is 0 Å². The summed E-state index contributed by atoms with van der Waals surface area (Å²) in [5, 5.41) is 0. The summed E-state index contributed by atoms with van der Waals surface area (Å²) in [7, 11) is 1.72. The maximum Gasteiger partial charge on any atom is 0.0466 e. The highest BCUT2D eigenvalue weighted by Crippen LogP contribution is 1.97. The quantitative estimate of drug-likeness (QED) is 0.610. The van der Waals surface area contributed by atoms with Gasteiger partial charge < -0.3 is 4.74 Å². The van der Waals surface area contributed by atoms with Crippen molar-refractivity contribution in [3.8, 4) is 0 Å². The van der Waals surface area contributed by atoms with Crippen molar-refractivity contribution < 1.29 is 4.74 Å².